The van der Waals surface area contributed by atoms with Crippen LogP contribution in [0, 0.1) is 0 Å². The Morgan fingerprint density at radius 1 is 0.364 bits per heavy atom. The standard InChI is InChI=1S/C27H19N3.2ClH.Fe/c1-3-10-20(11-4-1)22-14-7-16-24(28-22)26-18-9-19-27(30-26)25-17-8-15-23(29-25)21-12-5-2-6-13-21;;;/h1-19H;2*1H;/q;;;+2/p-2. The molecule has 0 atom stereocenters. The fourth-order valence-corrected chi connectivity index (χ4v) is 3.41. The number of halogens is 2. The van der Waals surface area contributed by atoms with E-state index in [0.29, 0.717) is 0 Å². The molecule has 0 spiro atoms. The zero-order valence-electron chi connectivity index (χ0n) is 17.4. The summed E-state index contributed by atoms with van der Waals surface area (Å²) in [6, 6.07) is 38.4. The summed E-state index contributed by atoms with van der Waals surface area (Å²) in [6.07, 6.45) is 0. The second-order valence-electron chi connectivity index (χ2n) is 7.01. The summed E-state index contributed by atoms with van der Waals surface area (Å²) in [7, 11) is 9.53. The van der Waals surface area contributed by atoms with E-state index in [4.69, 9.17) is 35.1 Å². The van der Waals surface area contributed by atoms with Crippen molar-refractivity contribution in [1.82, 2.24) is 15.0 Å². The largest absolute Gasteiger partial charge is 0.246 e. The molecule has 0 amide bonds. The van der Waals surface area contributed by atoms with Crippen LogP contribution in [0.15, 0.2) is 115 Å². The van der Waals surface area contributed by atoms with Gasteiger partial charge in [-0.3, -0.25) is 0 Å². The maximum absolute atomic E-state index is 4.86. The van der Waals surface area contributed by atoms with Crippen LogP contribution in [-0.4, -0.2) is 15.0 Å². The van der Waals surface area contributed by atoms with Gasteiger partial charge in [-0.15, -0.1) is 0 Å². The summed E-state index contributed by atoms with van der Waals surface area (Å²) in [5.74, 6) is 0. The topological polar surface area (TPSA) is 38.7 Å². The number of benzene rings is 2. The third-order valence-electron chi connectivity index (χ3n) is 4.91. The van der Waals surface area contributed by atoms with Gasteiger partial charge in [0.1, 0.15) is 0 Å². The monoisotopic (exact) mass is 511 g/mol. The number of hydrogen-bond acceptors (Lipinski definition) is 3. The van der Waals surface area contributed by atoms with E-state index in [-0.39, 0.29) is 13.1 Å². The summed E-state index contributed by atoms with van der Waals surface area (Å²) in [4.78, 5) is 14.5. The van der Waals surface area contributed by atoms with Gasteiger partial charge in [-0.25, -0.2) is 15.0 Å². The van der Waals surface area contributed by atoms with Gasteiger partial charge in [0.15, 0.2) is 0 Å². The van der Waals surface area contributed by atoms with Gasteiger partial charge in [0, 0.05) is 11.1 Å². The molecule has 3 aromatic heterocycles. The first kappa shape index (κ1) is 23.2. The second kappa shape index (κ2) is 11.7. The van der Waals surface area contributed by atoms with Gasteiger partial charge in [-0.1, -0.05) is 78.9 Å². The zero-order chi connectivity index (χ0) is 22.9. The molecule has 6 heteroatoms. The summed E-state index contributed by atoms with van der Waals surface area (Å²) in [5, 5.41) is 0. The molecule has 3 nitrogen and oxygen atoms in total. The molecule has 33 heavy (non-hydrogen) atoms. The van der Waals surface area contributed by atoms with Crippen molar-refractivity contribution in [3.8, 4) is 45.3 Å². The molecule has 0 aliphatic heterocycles. The molecule has 5 aromatic rings. The Hall–Kier alpha value is -3.01. The van der Waals surface area contributed by atoms with Crippen LogP contribution in [-0.2, 0) is 13.1 Å². The Bertz CT molecular complexity index is 1220. The van der Waals surface area contributed by atoms with Gasteiger partial charge in [0.25, 0.3) is 0 Å². The number of pyridine rings is 3. The fourth-order valence-electron chi connectivity index (χ4n) is 3.41. The van der Waals surface area contributed by atoms with Crippen molar-refractivity contribution >= 4 is 20.2 Å². The Kier molecular flexibility index (Phi) is 8.24. The van der Waals surface area contributed by atoms with Gasteiger partial charge < -0.3 is 0 Å². The van der Waals surface area contributed by atoms with Crippen LogP contribution < -0.4 is 0 Å². The van der Waals surface area contributed by atoms with Crippen molar-refractivity contribution in [2.75, 3.05) is 0 Å². The van der Waals surface area contributed by atoms with E-state index >= 15 is 0 Å². The first-order valence-corrected chi connectivity index (χ1v) is 13.2. The van der Waals surface area contributed by atoms with E-state index in [0.717, 1.165) is 45.3 Å². The van der Waals surface area contributed by atoms with Crippen molar-refractivity contribution < 1.29 is 13.1 Å². The number of rotatable bonds is 4. The summed E-state index contributed by atoms with van der Waals surface area (Å²) in [6.45, 7) is 0. The van der Waals surface area contributed by atoms with Gasteiger partial charge >= 0.3 is 33.3 Å². The van der Waals surface area contributed by atoms with E-state index in [9.17, 15) is 0 Å². The first-order chi connectivity index (χ1) is 16.3. The Labute approximate surface area is 208 Å². The van der Waals surface area contributed by atoms with Crippen molar-refractivity contribution in [2.45, 2.75) is 0 Å². The smallest absolute Gasteiger partial charge is 0.0894 e. The molecular formula is C27H19Cl2FeN3. The number of nitrogens with zero attached hydrogens (tertiary/aromatic N) is 3. The molecule has 5 rings (SSSR count). The van der Waals surface area contributed by atoms with Crippen molar-refractivity contribution in [3.63, 3.8) is 0 Å². The molecule has 0 aliphatic rings. The van der Waals surface area contributed by atoms with Crippen LogP contribution in [0.4, 0.5) is 0 Å². The van der Waals surface area contributed by atoms with E-state index < -0.39 is 0 Å². The first-order valence-electron chi connectivity index (χ1n) is 10.2. The van der Waals surface area contributed by atoms with Crippen LogP contribution in [0.2, 0.25) is 0 Å². The minimum absolute atomic E-state index is 0.194. The van der Waals surface area contributed by atoms with Crippen molar-refractivity contribution in [3.05, 3.63) is 115 Å². The minimum Gasteiger partial charge on any atom is -0.246 e. The van der Waals surface area contributed by atoms with E-state index in [1.807, 2.05) is 91.0 Å². The quantitative estimate of drug-likeness (QED) is 0.230. The van der Waals surface area contributed by atoms with Gasteiger partial charge in [-0.05, 0) is 36.4 Å². The predicted molar refractivity (Wildman–Crippen MR) is 133 cm³/mol. The fraction of sp³-hybridized carbons (Fsp3) is 0. The zero-order valence-corrected chi connectivity index (χ0v) is 20.0. The Morgan fingerprint density at radius 3 is 0.970 bits per heavy atom. The average molecular weight is 512 g/mol. The maximum atomic E-state index is 4.86. The van der Waals surface area contributed by atoms with E-state index in [2.05, 4.69) is 24.3 Å². The molecule has 2 aromatic carbocycles. The van der Waals surface area contributed by atoms with Gasteiger partial charge in [-0.2, -0.15) is 0 Å². The molecule has 0 aliphatic carbocycles. The van der Waals surface area contributed by atoms with Crippen molar-refractivity contribution in [2.24, 2.45) is 0 Å². The third-order valence-corrected chi connectivity index (χ3v) is 4.91. The number of hydrogen-bond donors (Lipinski definition) is 0. The SMILES string of the molecule is [Cl][Fe][Cl].c1ccc(-c2cccc(-c3cccc(-c4cccc(-c5ccccc5)n4)n3)n2)cc1. The Balaban J connectivity index is 0.000000821. The second-order valence-corrected chi connectivity index (χ2v) is 8.83. The maximum Gasteiger partial charge on any atom is 0.0894 e. The third kappa shape index (κ3) is 6.07. The van der Waals surface area contributed by atoms with E-state index in [1.54, 1.807) is 0 Å². The van der Waals surface area contributed by atoms with Crippen LogP contribution in [0.1, 0.15) is 0 Å². The molecule has 164 valence electrons. The summed E-state index contributed by atoms with van der Waals surface area (Å²) >= 11 is 0.194. The predicted octanol–water partition coefficient (Wildman–Crippen LogP) is 7.92. The molecule has 0 N–H and O–H groups in total. The molecule has 3 heterocycles. The molecule has 0 saturated carbocycles. The summed E-state index contributed by atoms with van der Waals surface area (Å²) < 4.78 is 0. The minimum atomic E-state index is 0.194. The molecule has 0 unspecified atom stereocenters. The van der Waals surface area contributed by atoms with E-state index in [1.165, 1.54) is 0 Å². The van der Waals surface area contributed by atoms with Crippen LogP contribution in [0.25, 0.3) is 45.3 Å². The molecule has 0 fully saturated rings. The van der Waals surface area contributed by atoms with Crippen LogP contribution >= 0.6 is 20.2 Å². The molecule has 0 radical (unpaired) electrons. The van der Waals surface area contributed by atoms with Crippen LogP contribution in [0.5, 0.6) is 0 Å². The molecular weight excluding hydrogens is 493 g/mol. The molecule has 0 saturated heterocycles. The Morgan fingerprint density at radius 2 is 0.636 bits per heavy atom. The average Bonchev–Trinajstić information content (AvgIpc) is 2.90. The van der Waals surface area contributed by atoms with Crippen molar-refractivity contribution in [1.29, 1.82) is 0 Å². The van der Waals surface area contributed by atoms with Gasteiger partial charge in [0.2, 0.25) is 0 Å². The molecule has 0 bridgehead atoms. The van der Waals surface area contributed by atoms with Gasteiger partial charge in [0.05, 0.1) is 34.2 Å². The normalized spacial score (nSPS) is 10.4. The van der Waals surface area contributed by atoms with Crippen LogP contribution in [0.3, 0.4) is 0 Å². The number of aromatic nitrogens is 3. The summed E-state index contributed by atoms with van der Waals surface area (Å²) in [5.41, 5.74) is 7.40.